The summed E-state index contributed by atoms with van der Waals surface area (Å²) in [6.45, 7) is 8.34. The van der Waals surface area contributed by atoms with E-state index in [2.05, 4.69) is 4.98 Å². The Morgan fingerprint density at radius 2 is 1.15 bits per heavy atom. The highest BCUT2D eigenvalue weighted by molar-refractivity contribution is 7.44. The number of H-pyrrole nitrogens is 1. The monoisotopic (exact) mass is 1190 g/mol. The summed E-state index contributed by atoms with van der Waals surface area (Å²) in [5.41, 5.74) is -3.29. The number of aromatic amines is 1. The van der Waals surface area contributed by atoms with Crippen molar-refractivity contribution in [3.63, 3.8) is 0 Å². The molecule has 1 aliphatic rings. The van der Waals surface area contributed by atoms with E-state index >= 15 is 8.78 Å². The number of hydrogen-bond donors (Lipinski definition) is 1. The summed E-state index contributed by atoms with van der Waals surface area (Å²) in [6.07, 6.45) is -14.3. The first-order valence-electron chi connectivity index (χ1n) is 23.8. The van der Waals surface area contributed by atoms with Gasteiger partial charge in [0.2, 0.25) is 0 Å². The van der Waals surface area contributed by atoms with Gasteiger partial charge in [0, 0.05) is 36.7 Å². The first kappa shape index (κ1) is 65.3. The number of nitriles is 1. The van der Waals surface area contributed by atoms with Crippen LogP contribution in [-0.2, 0) is 30.5 Å². The highest BCUT2D eigenvalue weighted by Crippen LogP contribution is 2.64. The molecule has 30 heteroatoms. The van der Waals surface area contributed by atoms with Gasteiger partial charge in [0.1, 0.15) is 29.4 Å². The Bertz CT molecular complexity index is 2830. The average molecular weight is 1190 g/mol. The number of ether oxygens (including phenoxy) is 4. The minimum absolute atomic E-state index is 0.0304. The maximum atomic E-state index is 15.2. The van der Waals surface area contributed by atoms with E-state index in [4.69, 9.17) is 28.0 Å². The molecule has 1 fully saturated rings. The Morgan fingerprint density at radius 1 is 0.700 bits per heavy atom. The number of nitrogens with zero attached hydrogens (tertiary/aromatic N) is 3. The zero-order chi connectivity index (χ0) is 60.4. The van der Waals surface area contributed by atoms with Crippen LogP contribution in [0.3, 0.4) is 0 Å². The van der Waals surface area contributed by atoms with Gasteiger partial charge >= 0.3 is 53.3 Å². The van der Waals surface area contributed by atoms with Crippen molar-refractivity contribution in [3.8, 4) is 17.6 Å². The molecule has 12 nitrogen and oxygen atoms in total. The molecule has 0 bridgehead atoms. The summed E-state index contributed by atoms with van der Waals surface area (Å²) >= 11 is 0. The third-order valence-corrected chi connectivity index (χ3v) is 15.0. The number of methoxy groups -OCH3 is 2. The Morgan fingerprint density at radius 3 is 1.59 bits per heavy atom. The molecule has 0 spiro atoms. The summed E-state index contributed by atoms with van der Waals surface area (Å²) in [4.78, 5) is 27.9. The zero-order valence-corrected chi connectivity index (χ0v) is 44.0. The van der Waals surface area contributed by atoms with E-state index in [0.717, 1.165) is 28.8 Å². The largest absolute Gasteiger partial charge is 0.497 e. The summed E-state index contributed by atoms with van der Waals surface area (Å²) in [5.74, 6) is -56.6. The minimum atomic E-state index is -8.75. The fourth-order valence-electron chi connectivity index (χ4n) is 8.51. The number of rotatable bonds is 26. The van der Waals surface area contributed by atoms with Crippen molar-refractivity contribution in [1.82, 2.24) is 14.2 Å². The van der Waals surface area contributed by atoms with E-state index in [-0.39, 0.29) is 53.8 Å². The lowest BCUT2D eigenvalue weighted by molar-refractivity contribution is -0.461. The van der Waals surface area contributed by atoms with Crippen molar-refractivity contribution in [3.05, 3.63) is 128 Å². The number of halogens is 17. The van der Waals surface area contributed by atoms with E-state index in [1.165, 1.54) is 75.9 Å². The maximum absolute atomic E-state index is 15.2. The van der Waals surface area contributed by atoms with Crippen molar-refractivity contribution in [2.45, 2.75) is 144 Å². The molecule has 5 rings (SSSR count). The minimum Gasteiger partial charge on any atom is -0.497 e. The number of hydrogen-bond acceptors (Lipinski definition) is 10. The van der Waals surface area contributed by atoms with Crippen LogP contribution in [0.2, 0.25) is 0 Å². The molecule has 3 aromatic carbocycles. The third-order valence-electron chi connectivity index (χ3n) is 12.9. The topological polar surface area (TPSA) is 137 Å². The lowest BCUT2D eigenvalue weighted by Gasteiger charge is -2.42. The molecule has 2 heterocycles. The zero-order valence-electron chi connectivity index (χ0n) is 43.1. The SMILES string of the molecule is COc1ccc(C(OC[C@H]2O[C@@H](n3cc(C)c(=O)[nH]c3=O)C[C@@H]2OP(OCCC#N)N(C(C)C)C(C)C)(c2ccc(CCC(F)(F)C(F)(F)C(F)(F)C(F)(F)C(F)(F)C(F)(F)C(F)(F)C(F)(F)F)cc2)c2ccc(OC)cc2)cc1. The molecule has 1 aromatic heterocycles. The number of alkyl halides is 17. The standard InChI is InChI=1S/C50H52F17N4O8P/c1-28(2)71(29(3)4)80(77-24-8-23-68)79-37-25-39(70-26-30(5)40(72)69-41(70)73)78-38(37)27-76-43(33-13-17-35(74-6)18-14-33,34-15-19-36(75-7)20-16-34)32-11-9-31(10-12-32)21-22-42(51,52)44(53,54)45(55,56)46(57,58)47(59,60)48(61,62)49(63,64)50(65,66)67/h9-20,26,28-29,37-39H,8,21-22,24-25,27H2,1-7H3,(H,69,72,73)/t37-,38+,39+,80?/m0/s1. The van der Waals surface area contributed by atoms with E-state index in [0.29, 0.717) is 11.5 Å². The first-order chi connectivity index (χ1) is 36.8. The van der Waals surface area contributed by atoms with Gasteiger partial charge in [-0.05, 0) is 87.6 Å². The molecule has 4 atom stereocenters. The molecule has 1 saturated heterocycles. The molecular weight excluding hydrogens is 1140 g/mol. The van der Waals surface area contributed by atoms with Gasteiger partial charge in [-0.1, -0.05) is 48.5 Å². The molecule has 0 amide bonds. The molecule has 0 aliphatic carbocycles. The predicted octanol–water partition coefficient (Wildman–Crippen LogP) is 12.8. The molecule has 1 N–H and O–H groups in total. The van der Waals surface area contributed by atoms with Crippen LogP contribution in [0.5, 0.6) is 11.5 Å². The smallest absolute Gasteiger partial charge is 0.460 e. The van der Waals surface area contributed by atoms with Crippen molar-refractivity contribution in [1.29, 1.82) is 5.26 Å². The van der Waals surface area contributed by atoms with E-state index in [9.17, 15) is 80.7 Å². The molecule has 4 aromatic rings. The summed E-state index contributed by atoms with van der Waals surface area (Å²) in [6, 6.07) is 17.8. The second-order valence-electron chi connectivity index (χ2n) is 18.8. The highest BCUT2D eigenvalue weighted by Gasteiger charge is 2.95. The normalized spacial score (nSPS) is 17.8. The fraction of sp³-hybridized carbons (Fsp3) is 0.540. The van der Waals surface area contributed by atoms with Crippen LogP contribution in [-0.4, -0.2) is 114 Å². The van der Waals surface area contributed by atoms with Gasteiger partial charge in [-0.15, -0.1) is 0 Å². The fourth-order valence-corrected chi connectivity index (χ4v) is 10.3. The number of nitrogens with one attached hydrogen (secondary N) is 1. The van der Waals surface area contributed by atoms with Crippen LogP contribution in [0.15, 0.2) is 88.6 Å². The lowest BCUT2D eigenvalue weighted by atomic mass is 9.79. The van der Waals surface area contributed by atoms with Crippen molar-refractivity contribution < 1.29 is 103 Å². The van der Waals surface area contributed by atoms with Crippen LogP contribution in [0.25, 0.3) is 0 Å². The molecular formula is C50H52F17N4O8P. The highest BCUT2D eigenvalue weighted by atomic mass is 31.2. The van der Waals surface area contributed by atoms with Gasteiger partial charge in [0.05, 0.1) is 46.0 Å². The molecule has 444 valence electrons. The van der Waals surface area contributed by atoms with Crippen molar-refractivity contribution in [2.75, 3.05) is 27.4 Å². The Kier molecular flexibility index (Phi) is 19.7. The third kappa shape index (κ3) is 12.2. The number of aryl methyl sites for hydroxylation is 2. The molecule has 1 aliphatic heterocycles. The van der Waals surface area contributed by atoms with Crippen LogP contribution in [0.4, 0.5) is 74.6 Å². The van der Waals surface area contributed by atoms with E-state index < -0.39 is 116 Å². The summed E-state index contributed by atoms with van der Waals surface area (Å²) in [5, 5.41) is 9.34. The van der Waals surface area contributed by atoms with Crippen LogP contribution < -0.4 is 20.7 Å². The van der Waals surface area contributed by atoms with Crippen LogP contribution in [0.1, 0.15) is 81.0 Å². The Hall–Kier alpha value is -5.53. The van der Waals surface area contributed by atoms with Crippen LogP contribution in [0, 0.1) is 18.3 Å². The van der Waals surface area contributed by atoms with E-state index in [1.807, 2.05) is 38.4 Å². The van der Waals surface area contributed by atoms with Gasteiger partial charge < -0.3 is 28.0 Å². The molecule has 80 heavy (non-hydrogen) atoms. The molecule has 0 radical (unpaired) electrons. The van der Waals surface area contributed by atoms with Crippen LogP contribution >= 0.6 is 8.53 Å². The van der Waals surface area contributed by atoms with Crippen molar-refractivity contribution in [2.24, 2.45) is 0 Å². The van der Waals surface area contributed by atoms with Crippen molar-refractivity contribution >= 4 is 8.53 Å². The second-order valence-corrected chi connectivity index (χ2v) is 20.2. The summed E-state index contributed by atoms with van der Waals surface area (Å²) in [7, 11) is 0.671. The Balaban J connectivity index is 1.60. The average Bonchev–Trinajstić information content (AvgIpc) is 3.93. The maximum Gasteiger partial charge on any atom is 0.460 e. The molecule has 0 saturated carbocycles. The molecule has 1 unspecified atom stereocenters. The summed E-state index contributed by atoms with van der Waals surface area (Å²) < 4.78 is 279. The van der Waals surface area contributed by atoms with Gasteiger partial charge in [-0.3, -0.25) is 14.3 Å². The Labute approximate surface area is 446 Å². The van der Waals surface area contributed by atoms with Gasteiger partial charge in [0.25, 0.3) is 14.1 Å². The number of benzene rings is 3. The quantitative estimate of drug-likeness (QED) is 0.0280. The second kappa shape index (κ2) is 24.1. The predicted molar refractivity (Wildman–Crippen MR) is 252 cm³/mol. The first-order valence-corrected chi connectivity index (χ1v) is 24.9. The lowest BCUT2D eigenvalue weighted by Crippen LogP contribution is -2.74. The van der Waals surface area contributed by atoms with Gasteiger partial charge in [-0.25, -0.2) is 9.46 Å². The van der Waals surface area contributed by atoms with Gasteiger partial charge in [-0.2, -0.15) is 79.9 Å². The van der Waals surface area contributed by atoms with E-state index in [1.54, 1.807) is 0 Å². The number of aromatic nitrogens is 2. The van der Waals surface area contributed by atoms with Gasteiger partial charge in [0.15, 0.2) is 0 Å².